The van der Waals surface area contributed by atoms with Crippen molar-refractivity contribution in [2.75, 3.05) is 18.4 Å². The molecule has 1 heterocycles. The minimum atomic E-state index is -0.105. The summed E-state index contributed by atoms with van der Waals surface area (Å²) in [5.41, 5.74) is 1.65. The summed E-state index contributed by atoms with van der Waals surface area (Å²) in [7, 11) is 0. The first kappa shape index (κ1) is 15.5. The minimum Gasteiger partial charge on any atom is -0.384 e. The van der Waals surface area contributed by atoms with E-state index in [4.69, 9.17) is 0 Å². The zero-order chi connectivity index (χ0) is 14.3. The summed E-state index contributed by atoms with van der Waals surface area (Å²) in [4.78, 5) is 16.0. The van der Waals surface area contributed by atoms with Gasteiger partial charge in [0.25, 0.3) is 5.91 Å². The van der Waals surface area contributed by atoms with E-state index in [2.05, 4.69) is 43.3 Å². The van der Waals surface area contributed by atoms with E-state index >= 15 is 0 Å². The Bertz CT molecular complexity index is 393. The Morgan fingerprint density at radius 3 is 2.53 bits per heavy atom. The van der Waals surface area contributed by atoms with Crippen LogP contribution in [0.2, 0.25) is 0 Å². The smallest absolute Gasteiger partial charge is 0.269 e. The van der Waals surface area contributed by atoms with Crippen molar-refractivity contribution < 1.29 is 4.79 Å². The number of hydrogen-bond acceptors (Lipinski definition) is 3. The Morgan fingerprint density at radius 2 is 2.00 bits per heavy atom. The molecule has 1 aromatic heterocycles. The van der Waals surface area contributed by atoms with Gasteiger partial charge < -0.3 is 10.6 Å². The van der Waals surface area contributed by atoms with E-state index in [1.165, 1.54) is 0 Å². The second kappa shape index (κ2) is 7.12. The molecule has 0 atom stereocenters. The van der Waals surface area contributed by atoms with Gasteiger partial charge >= 0.3 is 0 Å². The number of nitrogens with zero attached hydrogens (tertiary/aromatic N) is 1. The van der Waals surface area contributed by atoms with Crippen LogP contribution in [0, 0.1) is 5.41 Å². The lowest BCUT2D eigenvalue weighted by Crippen LogP contribution is -2.27. The normalized spacial score (nSPS) is 11.2. The largest absolute Gasteiger partial charge is 0.384 e. The highest BCUT2D eigenvalue weighted by Crippen LogP contribution is 2.17. The molecule has 0 fully saturated rings. The number of hydrogen-bond donors (Lipinski definition) is 2. The van der Waals surface area contributed by atoms with Gasteiger partial charge in [-0.05, 0) is 30.4 Å². The maximum atomic E-state index is 11.9. The van der Waals surface area contributed by atoms with Crippen molar-refractivity contribution in [2.24, 2.45) is 5.41 Å². The summed E-state index contributed by atoms with van der Waals surface area (Å²) in [6.45, 7) is 10.2. The number of amides is 1. The number of carbonyl (C=O) groups is 1. The number of rotatable bonds is 6. The lowest BCUT2D eigenvalue weighted by molar-refractivity contribution is 0.0944. The predicted octanol–water partition coefficient (Wildman–Crippen LogP) is 3.07. The Labute approximate surface area is 116 Å². The van der Waals surface area contributed by atoms with Crippen LogP contribution in [0.1, 0.15) is 51.0 Å². The zero-order valence-electron chi connectivity index (χ0n) is 12.4. The second-order valence-electron chi connectivity index (χ2n) is 5.93. The molecule has 1 amide bonds. The maximum absolute atomic E-state index is 11.9. The van der Waals surface area contributed by atoms with Crippen molar-refractivity contribution in [3.63, 3.8) is 0 Å². The summed E-state index contributed by atoms with van der Waals surface area (Å²) in [6.07, 6.45) is 3.72. The molecular formula is C15H25N3O. The van der Waals surface area contributed by atoms with Gasteiger partial charge in [-0.3, -0.25) is 4.79 Å². The first-order valence-corrected chi connectivity index (χ1v) is 6.90. The topological polar surface area (TPSA) is 54.0 Å². The third-order valence-electron chi connectivity index (χ3n) is 2.74. The summed E-state index contributed by atoms with van der Waals surface area (Å²) in [5.74, 6) is -0.105. The zero-order valence-corrected chi connectivity index (χ0v) is 12.4. The molecule has 0 aliphatic carbocycles. The molecule has 0 aromatic carbocycles. The molecule has 0 unspecified atom stereocenters. The minimum absolute atomic E-state index is 0.105. The van der Waals surface area contributed by atoms with Crippen molar-refractivity contribution >= 4 is 11.6 Å². The highest BCUT2D eigenvalue weighted by atomic mass is 16.1. The fraction of sp³-hybridized carbons (Fsp3) is 0.600. The average Bonchev–Trinajstić information content (AvgIpc) is 2.35. The average molecular weight is 263 g/mol. The number of nitrogens with one attached hydrogen (secondary N) is 2. The molecule has 19 heavy (non-hydrogen) atoms. The van der Waals surface area contributed by atoms with E-state index in [-0.39, 0.29) is 11.3 Å². The number of anilines is 1. The summed E-state index contributed by atoms with van der Waals surface area (Å²) in [6, 6.07) is 3.64. The number of pyridine rings is 1. The third-order valence-corrected chi connectivity index (χ3v) is 2.74. The summed E-state index contributed by atoms with van der Waals surface area (Å²) < 4.78 is 0. The van der Waals surface area contributed by atoms with Crippen molar-refractivity contribution in [1.82, 2.24) is 10.3 Å². The fourth-order valence-corrected chi connectivity index (χ4v) is 1.54. The van der Waals surface area contributed by atoms with Gasteiger partial charge in [0.15, 0.2) is 0 Å². The van der Waals surface area contributed by atoms with Crippen LogP contribution in [-0.4, -0.2) is 24.0 Å². The first-order chi connectivity index (χ1) is 8.92. The quantitative estimate of drug-likeness (QED) is 0.829. The third kappa shape index (κ3) is 6.22. The van der Waals surface area contributed by atoms with Crippen LogP contribution in [0.15, 0.2) is 18.3 Å². The molecule has 4 nitrogen and oxygen atoms in total. The maximum Gasteiger partial charge on any atom is 0.269 e. The molecule has 1 aromatic rings. The molecule has 0 spiro atoms. The van der Waals surface area contributed by atoms with Gasteiger partial charge in [0.1, 0.15) is 5.69 Å². The molecule has 0 aliphatic rings. The molecular weight excluding hydrogens is 238 g/mol. The molecule has 0 saturated heterocycles. The van der Waals surface area contributed by atoms with Crippen molar-refractivity contribution in [2.45, 2.75) is 40.5 Å². The summed E-state index contributed by atoms with van der Waals surface area (Å²) in [5, 5.41) is 6.13. The van der Waals surface area contributed by atoms with Crippen LogP contribution in [0.4, 0.5) is 5.69 Å². The molecule has 1 rings (SSSR count). The van der Waals surface area contributed by atoms with Crippen molar-refractivity contribution in [1.29, 1.82) is 0 Å². The van der Waals surface area contributed by atoms with Crippen molar-refractivity contribution in [3.8, 4) is 0 Å². The Hall–Kier alpha value is -1.58. The molecule has 2 N–H and O–H groups in total. The van der Waals surface area contributed by atoms with E-state index < -0.39 is 0 Å². The molecule has 0 bridgehead atoms. The Kier molecular flexibility index (Phi) is 5.80. The highest BCUT2D eigenvalue weighted by molar-refractivity contribution is 5.92. The van der Waals surface area contributed by atoms with Gasteiger partial charge in [0, 0.05) is 13.1 Å². The van der Waals surface area contributed by atoms with Crippen molar-refractivity contribution in [3.05, 3.63) is 24.0 Å². The molecule has 4 heteroatoms. The standard InChI is InChI=1S/C15H25N3O/c1-5-9-16-12-6-7-13(18-11-12)14(19)17-10-8-15(2,3)4/h6-7,11,16H,5,8-10H2,1-4H3,(H,17,19). The van der Waals surface area contributed by atoms with Gasteiger partial charge in [-0.2, -0.15) is 0 Å². The van der Waals surface area contributed by atoms with Crippen LogP contribution >= 0.6 is 0 Å². The highest BCUT2D eigenvalue weighted by Gasteiger charge is 2.11. The van der Waals surface area contributed by atoms with Crippen LogP contribution in [0.3, 0.4) is 0 Å². The predicted molar refractivity (Wildman–Crippen MR) is 79.4 cm³/mol. The molecule has 0 radical (unpaired) electrons. The monoisotopic (exact) mass is 263 g/mol. The van der Waals surface area contributed by atoms with Gasteiger partial charge in [0.2, 0.25) is 0 Å². The van der Waals surface area contributed by atoms with Gasteiger partial charge in [-0.15, -0.1) is 0 Å². The molecule has 106 valence electrons. The van der Waals surface area contributed by atoms with E-state index in [1.807, 2.05) is 6.07 Å². The second-order valence-corrected chi connectivity index (χ2v) is 5.93. The van der Waals surface area contributed by atoms with E-state index in [1.54, 1.807) is 12.3 Å². The van der Waals surface area contributed by atoms with Gasteiger partial charge in [-0.1, -0.05) is 27.7 Å². The SMILES string of the molecule is CCCNc1ccc(C(=O)NCCC(C)(C)C)nc1. The lowest BCUT2D eigenvalue weighted by atomic mass is 9.92. The molecule has 0 aliphatic heterocycles. The lowest BCUT2D eigenvalue weighted by Gasteiger charge is -2.17. The van der Waals surface area contributed by atoms with E-state index in [9.17, 15) is 4.79 Å². The van der Waals surface area contributed by atoms with Crippen LogP contribution < -0.4 is 10.6 Å². The Balaban J connectivity index is 2.44. The van der Waals surface area contributed by atoms with Gasteiger partial charge in [-0.25, -0.2) is 4.98 Å². The first-order valence-electron chi connectivity index (χ1n) is 6.90. The van der Waals surface area contributed by atoms with E-state index in [0.717, 1.165) is 25.1 Å². The van der Waals surface area contributed by atoms with Crippen LogP contribution in [0.5, 0.6) is 0 Å². The van der Waals surface area contributed by atoms with Crippen LogP contribution in [0.25, 0.3) is 0 Å². The fourth-order valence-electron chi connectivity index (χ4n) is 1.54. The van der Waals surface area contributed by atoms with Gasteiger partial charge in [0.05, 0.1) is 11.9 Å². The summed E-state index contributed by atoms with van der Waals surface area (Å²) >= 11 is 0. The number of aromatic nitrogens is 1. The number of carbonyl (C=O) groups excluding carboxylic acids is 1. The Morgan fingerprint density at radius 1 is 1.26 bits per heavy atom. The van der Waals surface area contributed by atoms with E-state index in [0.29, 0.717) is 12.2 Å². The molecule has 0 saturated carbocycles. The van der Waals surface area contributed by atoms with Crippen LogP contribution in [-0.2, 0) is 0 Å².